The summed E-state index contributed by atoms with van der Waals surface area (Å²) in [4.78, 5) is 23.7. The van der Waals surface area contributed by atoms with E-state index in [2.05, 4.69) is 10.9 Å². The van der Waals surface area contributed by atoms with Crippen molar-refractivity contribution in [2.24, 2.45) is 5.92 Å². The van der Waals surface area contributed by atoms with Gasteiger partial charge in [-0.15, -0.1) is 0 Å². The van der Waals surface area contributed by atoms with Gasteiger partial charge in [0, 0.05) is 6.08 Å². The molecule has 0 bridgehead atoms. The molecule has 27 heavy (non-hydrogen) atoms. The summed E-state index contributed by atoms with van der Waals surface area (Å²) < 4.78 is 33.4. The quantitative estimate of drug-likeness (QED) is 0.534. The van der Waals surface area contributed by atoms with Crippen LogP contribution in [0.4, 0.5) is 0 Å². The van der Waals surface area contributed by atoms with E-state index in [1.54, 1.807) is 12.1 Å². The molecule has 1 saturated heterocycles. The molecule has 1 heterocycles. The summed E-state index contributed by atoms with van der Waals surface area (Å²) in [6, 6.07) is 3.27. The van der Waals surface area contributed by atoms with E-state index in [1.165, 1.54) is 19.3 Å². The van der Waals surface area contributed by atoms with Crippen LogP contribution in [0.1, 0.15) is 18.9 Å². The van der Waals surface area contributed by atoms with Crippen molar-refractivity contribution in [2.45, 2.75) is 13.3 Å². The first kappa shape index (κ1) is 21.0. The van der Waals surface area contributed by atoms with Gasteiger partial charge >= 0.3 is 0 Å². The summed E-state index contributed by atoms with van der Waals surface area (Å²) in [7, 11) is -1.69. The maximum atomic E-state index is 11.9. The number of ether oxygens (including phenoxy) is 2. The van der Waals surface area contributed by atoms with Crippen molar-refractivity contribution < 1.29 is 27.5 Å². The molecule has 148 valence electrons. The van der Waals surface area contributed by atoms with Crippen molar-refractivity contribution in [1.29, 1.82) is 0 Å². The molecule has 0 radical (unpaired) electrons. The standard InChI is InChI=1S/C17H21ClN2O6S/c1-3-26-16-13(18)8-11(9-14(16)25-2)4-5-15(21)19-20-17(22)12-6-7-27(23,24)10-12/h4-5,8-9,12H,3,6-7,10H2,1-2H3,(H,19,21)(H,20,22)/b5-4+/t12-/m0/s1. The molecule has 0 spiro atoms. The summed E-state index contributed by atoms with van der Waals surface area (Å²) in [5.41, 5.74) is 5.06. The van der Waals surface area contributed by atoms with E-state index < -0.39 is 27.6 Å². The molecule has 2 amide bonds. The fourth-order valence-corrected chi connectivity index (χ4v) is 4.58. The second-order valence-corrected chi connectivity index (χ2v) is 8.51. The third kappa shape index (κ3) is 5.86. The molecular formula is C17H21ClN2O6S. The molecule has 1 atom stereocenters. The van der Waals surface area contributed by atoms with Crippen LogP contribution in [-0.4, -0.2) is 45.5 Å². The van der Waals surface area contributed by atoms with Crippen LogP contribution in [0.5, 0.6) is 11.5 Å². The highest BCUT2D eigenvalue weighted by atomic mass is 35.5. The number of sulfone groups is 1. The SMILES string of the molecule is CCOc1c(Cl)cc(/C=C/C(=O)NNC(=O)[C@H]2CCS(=O)(=O)C2)cc1OC. The summed E-state index contributed by atoms with van der Waals surface area (Å²) >= 11 is 6.16. The van der Waals surface area contributed by atoms with Crippen LogP contribution in [0.2, 0.25) is 5.02 Å². The number of carbonyl (C=O) groups excluding carboxylic acids is 2. The second-order valence-electron chi connectivity index (χ2n) is 5.88. The fraction of sp³-hybridized carbons (Fsp3) is 0.412. The Hall–Kier alpha value is -2.26. The fourth-order valence-electron chi connectivity index (χ4n) is 2.56. The highest BCUT2D eigenvalue weighted by Crippen LogP contribution is 2.36. The summed E-state index contributed by atoms with van der Waals surface area (Å²) in [6.07, 6.45) is 2.95. The van der Waals surface area contributed by atoms with Gasteiger partial charge in [-0.1, -0.05) is 11.6 Å². The van der Waals surface area contributed by atoms with Crippen molar-refractivity contribution in [3.05, 3.63) is 28.8 Å². The minimum absolute atomic E-state index is 0.0146. The molecule has 1 aliphatic rings. The molecule has 1 aliphatic heterocycles. The zero-order chi connectivity index (χ0) is 20.0. The van der Waals surface area contributed by atoms with Crippen LogP contribution in [0.15, 0.2) is 18.2 Å². The monoisotopic (exact) mass is 416 g/mol. The topological polar surface area (TPSA) is 111 Å². The van der Waals surface area contributed by atoms with E-state index in [0.29, 0.717) is 28.7 Å². The number of methoxy groups -OCH3 is 1. The normalized spacial score (nSPS) is 18.3. The Labute approximate surface area is 162 Å². The van der Waals surface area contributed by atoms with Gasteiger partial charge in [0.25, 0.3) is 5.91 Å². The highest BCUT2D eigenvalue weighted by Gasteiger charge is 2.32. The van der Waals surface area contributed by atoms with Gasteiger partial charge in [-0.25, -0.2) is 8.42 Å². The Balaban J connectivity index is 1.94. The van der Waals surface area contributed by atoms with E-state index >= 15 is 0 Å². The van der Waals surface area contributed by atoms with Crippen LogP contribution < -0.4 is 20.3 Å². The third-order valence-corrected chi connectivity index (χ3v) is 5.93. The van der Waals surface area contributed by atoms with E-state index in [0.717, 1.165) is 0 Å². The molecule has 1 aromatic carbocycles. The maximum absolute atomic E-state index is 11.9. The Morgan fingerprint density at radius 1 is 1.33 bits per heavy atom. The Bertz CT molecular complexity index is 853. The van der Waals surface area contributed by atoms with Gasteiger partial charge in [0.1, 0.15) is 0 Å². The molecule has 0 aliphatic carbocycles. The largest absolute Gasteiger partial charge is 0.493 e. The zero-order valence-electron chi connectivity index (χ0n) is 15.0. The van der Waals surface area contributed by atoms with Crippen LogP contribution in [0, 0.1) is 5.92 Å². The number of hydrazine groups is 1. The van der Waals surface area contributed by atoms with Crippen molar-refractivity contribution in [3.8, 4) is 11.5 Å². The zero-order valence-corrected chi connectivity index (χ0v) is 16.5. The second kappa shape index (κ2) is 9.09. The lowest BCUT2D eigenvalue weighted by molar-refractivity contribution is -0.129. The van der Waals surface area contributed by atoms with Crippen LogP contribution in [0.25, 0.3) is 6.08 Å². The molecule has 2 N–H and O–H groups in total. The summed E-state index contributed by atoms with van der Waals surface area (Å²) in [6.45, 7) is 2.25. The molecule has 10 heteroatoms. The highest BCUT2D eigenvalue weighted by molar-refractivity contribution is 7.91. The van der Waals surface area contributed by atoms with Gasteiger partial charge in [0.05, 0.1) is 36.2 Å². The van der Waals surface area contributed by atoms with E-state index in [9.17, 15) is 18.0 Å². The van der Waals surface area contributed by atoms with Crippen molar-refractivity contribution in [2.75, 3.05) is 25.2 Å². The number of carbonyl (C=O) groups is 2. The van der Waals surface area contributed by atoms with E-state index in [4.69, 9.17) is 21.1 Å². The molecule has 1 aromatic rings. The molecule has 2 rings (SSSR count). The van der Waals surface area contributed by atoms with Gasteiger partial charge in [0.2, 0.25) is 5.91 Å². The first-order valence-corrected chi connectivity index (χ1v) is 10.4. The minimum Gasteiger partial charge on any atom is -0.493 e. The summed E-state index contributed by atoms with van der Waals surface area (Å²) in [5.74, 6) is -1.11. The maximum Gasteiger partial charge on any atom is 0.262 e. The predicted molar refractivity (Wildman–Crippen MR) is 101 cm³/mol. The predicted octanol–water partition coefficient (Wildman–Crippen LogP) is 1.34. The van der Waals surface area contributed by atoms with Gasteiger partial charge in [-0.3, -0.25) is 20.4 Å². The smallest absolute Gasteiger partial charge is 0.262 e. The number of benzene rings is 1. The Morgan fingerprint density at radius 3 is 2.67 bits per heavy atom. The number of rotatable bonds is 6. The molecule has 0 aromatic heterocycles. The average molecular weight is 417 g/mol. The van der Waals surface area contributed by atoms with Gasteiger partial charge < -0.3 is 9.47 Å². The van der Waals surface area contributed by atoms with Crippen molar-refractivity contribution in [1.82, 2.24) is 10.9 Å². The average Bonchev–Trinajstić information content (AvgIpc) is 2.99. The van der Waals surface area contributed by atoms with Crippen LogP contribution in [-0.2, 0) is 19.4 Å². The molecule has 0 unspecified atom stereocenters. The van der Waals surface area contributed by atoms with E-state index in [1.807, 2.05) is 6.92 Å². The summed E-state index contributed by atoms with van der Waals surface area (Å²) in [5, 5.41) is 0.340. The number of halogens is 1. The van der Waals surface area contributed by atoms with Crippen LogP contribution in [0.3, 0.4) is 0 Å². The molecule has 0 saturated carbocycles. The van der Waals surface area contributed by atoms with E-state index in [-0.39, 0.29) is 17.9 Å². The van der Waals surface area contributed by atoms with Crippen LogP contribution >= 0.6 is 11.6 Å². The van der Waals surface area contributed by atoms with Gasteiger partial charge in [-0.05, 0) is 37.1 Å². The van der Waals surface area contributed by atoms with Crippen molar-refractivity contribution in [3.63, 3.8) is 0 Å². The molecule has 8 nitrogen and oxygen atoms in total. The first-order chi connectivity index (χ1) is 12.8. The molecule has 1 fully saturated rings. The Morgan fingerprint density at radius 2 is 2.07 bits per heavy atom. The number of amides is 2. The lowest BCUT2D eigenvalue weighted by Gasteiger charge is -2.12. The van der Waals surface area contributed by atoms with Crippen molar-refractivity contribution >= 4 is 39.3 Å². The Kier molecular flexibility index (Phi) is 7.09. The third-order valence-electron chi connectivity index (χ3n) is 3.88. The molecular weight excluding hydrogens is 396 g/mol. The number of hydrogen-bond donors (Lipinski definition) is 2. The first-order valence-electron chi connectivity index (χ1n) is 8.24. The van der Waals surface area contributed by atoms with Gasteiger partial charge in [0.15, 0.2) is 21.3 Å². The van der Waals surface area contributed by atoms with Gasteiger partial charge in [-0.2, -0.15) is 0 Å². The lowest BCUT2D eigenvalue weighted by atomic mass is 10.1. The number of nitrogens with one attached hydrogen (secondary N) is 2. The minimum atomic E-state index is -3.17. The number of hydrogen-bond acceptors (Lipinski definition) is 6. The lowest BCUT2D eigenvalue weighted by Crippen LogP contribution is -2.44.